The van der Waals surface area contributed by atoms with E-state index in [-0.39, 0.29) is 10.5 Å². The molecule has 1 aromatic rings. The molecule has 1 rings (SSSR count). The molecule has 0 amide bonds. The Kier molecular flexibility index (Phi) is 3.79. The third kappa shape index (κ3) is 2.75. The Balaban J connectivity index is 2.97. The van der Waals surface area contributed by atoms with Crippen LogP contribution in [0.4, 0.5) is 0 Å². The number of aryl methyl sites for hydroxylation is 1. The molecule has 0 radical (unpaired) electrons. The van der Waals surface area contributed by atoms with Crippen molar-refractivity contribution in [1.29, 1.82) is 0 Å². The van der Waals surface area contributed by atoms with Crippen molar-refractivity contribution in [3.05, 3.63) is 17.5 Å². The van der Waals surface area contributed by atoms with E-state index in [1.807, 2.05) is 6.20 Å². The molecule has 0 saturated carbocycles. The molecular formula is C11H15NReRfS. The number of nitrogens with zero attached hydrogens (tertiary/aromatic N) is 1. The number of hydrogen-bond acceptors (Lipinski definition) is 1. The van der Waals surface area contributed by atoms with E-state index in [1.165, 1.54) is 15.3 Å². The Morgan fingerprint density at radius 2 is 2.20 bits per heavy atom. The van der Waals surface area contributed by atoms with Crippen LogP contribution in [0.5, 0.6) is 0 Å². The summed E-state index contributed by atoms with van der Waals surface area (Å²) in [5.41, 5.74) is 2.69. The van der Waals surface area contributed by atoms with Crippen LogP contribution in [0.2, 0.25) is 0 Å². The van der Waals surface area contributed by atoms with E-state index in [2.05, 4.69) is 31.6 Å². The van der Waals surface area contributed by atoms with Crippen molar-refractivity contribution >= 4 is 26.5 Å². The van der Waals surface area contributed by atoms with E-state index in [4.69, 9.17) is 0 Å². The molecule has 0 aliphatic carbocycles. The van der Waals surface area contributed by atoms with Gasteiger partial charge in [0.15, 0.2) is 0 Å². The van der Waals surface area contributed by atoms with Crippen LogP contribution >= 0.6 is 10.5 Å². The van der Waals surface area contributed by atoms with Gasteiger partial charge in [0.25, 0.3) is 0 Å². The molecular weight excluding hydrogens is 631 g/mol. The van der Waals surface area contributed by atoms with E-state index in [1.54, 1.807) is 25.3 Å². The van der Waals surface area contributed by atoms with Crippen LogP contribution < -0.4 is 10.1 Å². The molecule has 79 valence electrons. The van der Waals surface area contributed by atoms with Gasteiger partial charge in [-0.25, -0.2) is 0 Å². The minimum absolute atomic E-state index is 0.222. The first kappa shape index (κ1) is 12.1. The number of hydrogen-bond donors (Lipinski definition) is 0. The zero-order chi connectivity index (χ0) is 11.6. The standard InChI is InChI=1S/C11H15NS.Re.Rf/c1-9(2)13(4)8-11-6-5-10(3)7-12-11;;/h7,9H,4,8H2,1-3H3;;. The molecule has 0 N–H and O–H groups in total. The SMILES string of the molecule is C=S(Cc1ncc(C)[c]([Rf])[c]1[Re])C(C)C. The molecule has 0 aliphatic rings. The summed E-state index contributed by atoms with van der Waals surface area (Å²) in [7, 11) is 0.222. The summed E-state index contributed by atoms with van der Waals surface area (Å²) < 4.78 is 2.09. The molecule has 0 aromatic carbocycles. The van der Waals surface area contributed by atoms with Gasteiger partial charge in [-0.2, -0.15) is 0 Å². The molecule has 0 aliphatic heterocycles. The Hall–Kier alpha value is -0.968. The third-order valence-corrected chi connectivity index (χ3v) is 14.3. The van der Waals surface area contributed by atoms with Gasteiger partial charge in [0.2, 0.25) is 0 Å². The summed E-state index contributed by atoms with van der Waals surface area (Å²) in [6.45, 7) is 6.67. The van der Waals surface area contributed by atoms with Crippen LogP contribution in [0.15, 0.2) is 6.20 Å². The second-order valence-electron chi connectivity index (χ2n) is 3.91. The molecule has 1 unspecified atom stereocenters. The van der Waals surface area contributed by atoms with Crippen molar-refractivity contribution in [1.82, 2.24) is 4.98 Å². The summed E-state index contributed by atoms with van der Waals surface area (Å²) in [5.74, 6) is 5.30. The van der Waals surface area contributed by atoms with E-state index in [0.29, 0.717) is 5.25 Å². The van der Waals surface area contributed by atoms with Crippen molar-refractivity contribution in [2.24, 2.45) is 0 Å². The van der Waals surface area contributed by atoms with Gasteiger partial charge < -0.3 is 0 Å². The van der Waals surface area contributed by atoms with Crippen molar-refractivity contribution in [3.8, 4) is 0 Å². The molecule has 0 spiro atoms. The molecule has 0 fully saturated rings. The van der Waals surface area contributed by atoms with Crippen LogP contribution in [-0.2, 0) is 25.0 Å². The van der Waals surface area contributed by atoms with Gasteiger partial charge in [-0.15, -0.1) is 0 Å². The molecule has 1 atom stereocenters. The Labute approximate surface area is 99.7 Å². The zero-order valence-electron chi connectivity index (χ0n) is 9.51. The number of aromatic nitrogens is 1. The summed E-state index contributed by atoms with van der Waals surface area (Å²) in [6, 6.07) is 1.61. The van der Waals surface area contributed by atoms with Gasteiger partial charge in [0.05, 0.1) is 0 Å². The van der Waals surface area contributed by atoms with Crippen molar-refractivity contribution < 1.29 is 19.2 Å². The van der Waals surface area contributed by atoms with E-state index in [0.717, 1.165) is 5.75 Å². The van der Waals surface area contributed by atoms with Gasteiger partial charge >= 0.3 is 99.9 Å². The van der Waals surface area contributed by atoms with Crippen molar-refractivity contribution in [2.45, 2.75) is 31.8 Å². The Morgan fingerprint density at radius 3 is 2.73 bits per heavy atom. The predicted molar refractivity (Wildman–Crippen MR) is 61.8 cm³/mol. The van der Waals surface area contributed by atoms with Crippen LogP contribution in [0.25, 0.3) is 0 Å². The van der Waals surface area contributed by atoms with E-state index in [9.17, 15) is 0 Å². The summed E-state index contributed by atoms with van der Waals surface area (Å²) >= 11 is 1.79. The normalized spacial score (nSPS) is 13.3. The monoisotopic (exact) mass is 647 g/mol. The first-order chi connectivity index (χ1) is 6.93. The average Bonchev–Trinajstić information content (AvgIpc) is 2.18. The fourth-order valence-corrected chi connectivity index (χ4v) is 4.62. The second kappa shape index (κ2) is 4.70. The maximum absolute atomic E-state index is 4.58. The number of pyridine rings is 1. The van der Waals surface area contributed by atoms with Crippen LogP contribution in [-0.4, -0.2) is 16.1 Å². The van der Waals surface area contributed by atoms with Gasteiger partial charge in [-0.05, 0) is 0 Å². The summed E-state index contributed by atoms with van der Waals surface area (Å²) in [5, 5.41) is 0.669. The van der Waals surface area contributed by atoms with Gasteiger partial charge in [-0.1, -0.05) is 0 Å². The van der Waals surface area contributed by atoms with E-state index < -0.39 is 0 Å². The van der Waals surface area contributed by atoms with Crippen molar-refractivity contribution in [3.63, 3.8) is 0 Å². The maximum atomic E-state index is 4.58. The average molecular weight is 647 g/mol. The van der Waals surface area contributed by atoms with Crippen LogP contribution in [0.3, 0.4) is 0 Å². The molecule has 4 heteroatoms. The predicted octanol–water partition coefficient (Wildman–Crippen LogP) is 1.35. The van der Waals surface area contributed by atoms with Crippen molar-refractivity contribution in [2.75, 3.05) is 0 Å². The zero-order valence-corrected chi connectivity index (χ0v) is 19.4. The topological polar surface area (TPSA) is 12.9 Å². The minimum atomic E-state index is 0.222. The molecule has 1 heterocycles. The fourth-order valence-electron chi connectivity index (χ4n) is 1.10. The molecule has 1 nitrogen and oxygen atoms in total. The molecule has 0 saturated heterocycles. The Bertz CT molecular complexity index is 390. The summed E-state index contributed by atoms with van der Waals surface area (Å²) in [6.07, 6.45) is 2.04. The fraction of sp³-hybridized carbons (Fsp3) is 0.455. The Morgan fingerprint density at radius 1 is 1.60 bits per heavy atom. The first-order valence-electron chi connectivity index (χ1n) is 4.88. The van der Waals surface area contributed by atoms with E-state index >= 15 is 0 Å². The van der Waals surface area contributed by atoms with Crippen LogP contribution in [0, 0.1) is 6.92 Å². The van der Waals surface area contributed by atoms with Gasteiger partial charge in [-0.3, -0.25) is 0 Å². The van der Waals surface area contributed by atoms with Gasteiger partial charge in [0, 0.05) is 0 Å². The first-order valence-corrected chi connectivity index (χ1v) is 11.1. The molecule has 0 bridgehead atoms. The van der Waals surface area contributed by atoms with Crippen LogP contribution in [0.1, 0.15) is 25.1 Å². The summed E-state index contributed by atoms with van der Waals surface area (Å²) in [4.78, 5) is 4.58. The van der Waals surface area contributed by atoms with Gasteiger partial charge in [0.1, 0.15) is 0 Å². The molecule has 1 aromatic heterocycles. The quantitative estimate of drug-likeness (QED) is 0.453. The molecule has 15 heavy (non-hydrogen) atoms. The third-order valence-electron chi connectivity index (χ3n) is 2.40. The second-order valence-corrected chi connectivity index (χ2v) is 10.8. The number of rotatable bonds is 3.